The maximum absolute atomic E-state index is 13.4. The molecule has 2 aromatic rings. The highest BCUT2D eigenvalue weighted by Crippen LogP contribution is 2.34. The van der Waals surface area contributed by atoms with Gasteiger partial charge in [0.05, 0.1) is 17.0 Å². The van der Waals surface area contributed by atoms with Gasteiger partial charge in [0, 0.05) is 5.54 Å². The Morgan fingerprint density at radius 2 is 1.53 bits per heavy atom. The van der Waals surface area contributed by atoms with Crippen LogP contribution in [0.4, 0.5) is 5.69 Å². The van der Waals surface area contributed by atoms with Crippen molar-refractivity contribution in [3.05, 3.63) is 60.2 Å². The van der Waals surface area contributed by atoms with E-state index in [1.165, 1.54) is 16.4 Å². The zero-order valence-electron chi connectivity index (χ0n) is 18.0. The van der Waals surface area contributed by atoms with Gasteiger partial charge in [-0.1, -0.05) is 44.2 Å². The lowest BCUT2D eigenvalue weighted by Gasteiger charge is -2.37. The molecule has 1 fully saturated rings. The molecule has 2 aromatic carbocycles. The average molecular weight is 429 g/mol. The van der Waals surface area contributed by atoms with Gasteiger partial charge < -0.3 is 0 Å². The molecule has 0 saturated carbocycles. The van der Waals surface area contributed by atoms with Crippen LogP contribution in [-0.2, 0) is 19.6 Å². The molecule has 2 amide bonds. The van der Waals surface area contributed by atoms with Gasteiger partial charge in [-0.05, 0) is 56.5 Å². The van der Waals surface area contributed by atoms with Crippen molar-refractivity contribution in [2.24, 2.45) is 0 Å². The van der Waals surface area contributed by atoms with Crippen molar-refractivity contribution in [2.75, 3.05) is 4.90 Å². The number of carbonyl (C=O) groups excluding carboxylic acids is 2. The first-order valence-electron chi connectivity index (χ1n) is 10.0. The van der Waals surface area contributed by atoms with Crippen LogP contribution < -0.4 is 4.90 Å². The number of benzene rings is 2. The lowest BCUT2D eigenvalue weighted by atomic mass is 10.0. The van der Waals surface area contributed by atoms with E-state index in [2.05, 4.69) is 13.8 Å². The fourth-order valence-electron chi connectivity index (χ4n) is 3.78. The summed E-state index contributed by atoms with van der Waals surface area (Å²) in [5.74, 6) is -0.601. The summed E-state index contributed by atoms with van der Waals surface area (Å²) in [6, 6.07) is 14.2. The van der Waals surface area contributed by atoms with Crippen LogP contribution in [-0.4, -0.2) is 36.1 Å². The van der Waals surface area contributed by atoms with Crippen LogP contribution in [0.3, 0.4) is 0 Å². The van der Waals surface area contributed by atoms with Crippen molar-refractivity contribution in [3.63, 3.8) is 0 Å². The zero-order valence-corrected chi connectivity index (χ0v) is 18.8. The van der Waals surface area contributed by atoms with Crippen LogP contribution in [0.2, 0.25) is 0 Å². The standard InChI is InChI=1S/C23H28N2O4S/c1-16(2)17-11-13-18(14-12-17)24-21(26)15-20(22(24)27)25(23(3,4)5)30(28,29)19-9-7-6-8-10-19/h6-14,16,20H,15H2,1-5H3. The molecule has 1 unspecified atom stereocenters. The third-order valence-electron chi connectivity index (χ3n) is 5.19. The van der Waals surface area contributed by atoms with Gasteiger partial charge in [-0.15, -0.1) is 0 Å². The van der Waals surface area contributed by atoms with Gasteiger partial charge in [0.25, 0.3) is 5.91 Å². The molecule has 7 heteroatoms. The van der Waals surface area contributed by atoms with E-state index in [-0.39, 0.29) is 11.3 Å². The third kappa shape index (κ3) is 4.04. The van der Waals surface area contributed by atoms with E-state index in [0.717, 1.165) is 10.5 Å². The summed E-state index contributed by atoms with van der Waals surface area (Å²) in [5, 5.41) is 0. The number of anilines is 1. The second-order valence-corrected chi connectivity index (χ2v) is 10.6. The number of amides is 2. The summed E-state index contributed by atoms with van der Waals surface area (Å²) >= 11 is 0. The molecule has 0 spiro atoms. The van der Waals surface area contributed by atoms with Gasteiger partial charge in [0.2, 0.25) is 15.9 Å². The van der Waals surface area contributed by atoms with Gasteiger partial charge in [0.15, 0.2) is 0 Å². The SMILES string of the molecule is CC(C)c1ccc(N2C(=O)CC(N(C(C)(C)C)S(=O)(=O)c3ccccc3)C2=O)cc1. The van der Waals surface area contributed by atoms with E-state index >= 15 is 0 Å². The van der Waals surface area contributed by atoms with Crippen molar-refractivity contribution < 1.29 is 18.0 Å². The lowest BCUT2D eigenvalue weighted by Crippen LogP contribution is -2.54. The first-order valence-corrected chi connectivity index (χ1v) is 11.4. The molecule has 0 aromatic heterocycles. The van der Waals surface area contributed by atoms with E-state index in [4.69, 9.17) is 0 Å². The normalized spacial score (nSPS) is 18.0. The average Bonchev–Trinajstić information content (AvgIpc) is 2.95. The molecule has 1 heterocycles. The second kappa shape index (κ2) is 7.96. The fraction of sp³-hybridized carbons (Fsp3) is 0.391. The van der Waals surface area contributed by atoms with Gasteiger partial charge in [-0.3, -0.25) is 9.59 Å². The maximum atomic E-state index is 13.4. The Hall–Kier alpha value is -2.51. The van der Waals surface area contributed by atoms with E-state index in [1.807, 2.05) is 12.1 Å². The Morgan fingerprint density at radius 1 is 0.967 bits per heavy atom. The summed E-state index contributed by atoms with van der Waals surface area (Å²) in [4.78, 5) is 27.3. The molecule has 0 N–H and O–H groups in total. The molecule has 1 atom stereocenters. The Kier molecular flexibility index (Phi) is 5.89. The second-order valence-electron chi connectivity index (χ2n) is 8.82. The molecule has 160 valence electrons. The number of nitrogens with zero attached hydrogens (tertiary/aromatic N) is 2. The van der Waals surface area contributed by atoms with Crippen LogP contribution in [0, 0.1) is 0 Å². The third-order valence-corrected chi connectivity index (χ3v) is 7.37. The maximum Gasteiger partial charge on any atom is 0.252 e. The predicted molar refractivity (Wildman–Crippen MR) is 117 cm³/mol. The van der Waals surface area contributed by atoms with Gasteiger partial charge in [-0.2, -0.15) is 4.31 Å². The first kappa shape index (κ1) is 22.2. The van der Waals surface area contributed by atoms with Crippen LogP contribution in [0.5, 0.6) is 0 Å². The minimum atomic E-state index is -3.99. The minimum absolute atomic E-state index is 0.0971. The van der Waals surface area contributed by atoms with Gasteiger partial charge in [0.1, 0.15) is 6.04 Å². The van der Waals surface area contributed by atoms with Crippen molar-refractivity contribution >= 4 is 27.5 Å². The highest BCUT2D eigenvalue weighted by Gasteiger charge is 2.50. The largest absolute Gasteiger partial charge is 0.274 e. The number of rotatable bonds is 5. The molecule has 1 saturated heterocycles. The van der Waals surface area contributed by atoms with E-state index in [0.29, 0.717) is 11.6 Å². The summed E-state index contributed by atoms with van der Waals surface area (Å²) in [5.41, 5.74) is 0.660. The number of hydrogen-bond acceptors (Lipinski definition) is 4. The molecule has 3 rings (SSSR count). The molecule has 0 bridgehead atoms. The smallest absolute Gasteiger partial charge is 0.252 e. The van der Waals surface area contributed by atoms with Crippen molar-refractivity contribution in [1.82, 2.24) is 4.31 Å². The Morgan fingerprint density at radius 3 is 2.03 bits per heavy atom. The Bertz CT molecular complexity index is 1040. The van der Waals surface area contributed by atoms with Crippen molar-refractivity contribution in [1.29, 1.82) is 0 Å². The monoisotopic (exact) mass is 428 g/mol. The molecular formula is C23H28N2O4S. The first-order chi connectivity index (χ1) is 13.9. The van der Waals surface area contributed by atoms with E-state index < -0.39 is 33.4 Å². The van der Waals surface area contributed by atoms with Crippen LogP contribution >= 0.6 is 0 Å². The lowest BCUT2D eigenvalue weighted by molar-refractivity contribution is -0.122. The van der Waals surface area contributed by atoms with E-state index in [1.54, 1.807) is 51.1 Å². The predicted octanol–water partition coefficient (Wildman–Crippen LogP) is 3.93. The van der Waals surface area contributed by atoms with Gasteiger partial charge in [-0.25, -0.2) is 13.3 Å². The summed E-state index contributed by atoms with van der Waals surface area (Å²) < 4.78 is 28.0. The zero-order chi connectivity index (χ0) is 22.3. The number of sulfonamides is 1. The molecule has 1 aliphatic rings. The molecule has 0 aliphatic carbocycles. The van der Waals surface area contributed by atoms with Crippen LogP contribution in [0.25, 0.3) is 0 Å². The van der Waals surface area contributed by atoms with Crippen molar-refractivity contribution in [3.8, 4) is 0 Å². The molecular weight excluding hydrogens is 400 g/mol. The Labute approximate surface area is 178 Å². The van der Waals surface area contributed by atoms with E-state index in [9.17, 15) is 18.0 Å². The molecule has 0 radical (unpaired) electrons. The quantitative estimate of drug-likeness (QED) is 0.676. The highest BCUT2D eigenvalue weighted by molar-refractivity contribution is 7.89. The molecule has 30 heavy (non-hydrogen) atoms. The Balaban J connectivity index is 2.01. The van der Waals surface area contributed by atoms with Crippen molar-refractivity contribution in [2.45, 2.75) is 63.4 Å². The van der Waals surface area contributed by atoms with Crippen LogP contribution in [0.1, 0.15) is 52.5 Å². The van der Waals surface area contributed by atoms with Crippen LogP contribution in [0.15, 0.2) is 59.5 Å². The number of imide groups is 1. The summed E-state index contributed by atoms with van der Waals surface area (Å²) in [6.07, 6.45) is -0.186. The summed E-state index contributed by atoms with van der Waals surface area (Å²) in [6.45, 7) is 9.31. The number of carbonyl (C=O) groups is 2. The summed E-state index contributed by atoms with van der Waals surface area (Å²) in [7, 11) is -3.99. The topological polar surface area (TPSA) is 74.8 Å². The minimum Gasteiger partial charge on any atom is -0.274 e. The van der Waals surface area contributed by atoms with Gasteiger partial charge >= 0.3 is 0 Å². The molecule has 6 nitrogen and oxygen atoms in total. The fourth-order valence-corrected chi connectivity index (χ4v) is 5.73. The number of hydrogen-bond donors (Lipinski definition) is 0. The molecule has 1 aliphatic heterocycles. The highest BCUT2D eigenvalue weighted by atomic mass is 32.2.